The molecular formula is C21H24FNO2S. The van der Waals surface area contributed by atoms with E-state index >= 15 is 0 Å². The van der Waals surface area contributed by atoms with Crippen molar-refractivity contribution in [3.8, 4) is 0 Å². The van der Waals surface area contributed by atoms with E-state index in [-0.39, 0.29) is 17.3 Å². The number of benzene rings is 1. The maximum Gasteiger partial charge on any atom is 0.263 e. The van der Waals surface area contributed by atoms with Crippen molar-refractivity contribution >= 4 is 17.2 Å². The number of thiophene rings is 1. The van der Waals surface area contributed by atoms with E-state index in [0.29, 0.717) is 5.92 Å². The van der Waals surface area contributed by atoms with Gasteiger partial charge in [0.2, 0.25) is 0 Å². The summed E-state index contributed by atoms with van der Waals surface area (Å²) in [5, 5.41) is 1.95. The molecule has 1 aromatic heterocycles. The average Bonchev–Trinajstić information content (AvgIpc) is 3.19. The van der Waals surface area contributed by atoms with Gasteiger partial charge in [0.25, 0.3) is 5.91 Å². The summed E-state index contributed by atoms with van der Waals surface area (Å²) in [5.74, 6) is 0.530. The molecule has 0 saturated carbocycles. The van der Waals surface area contributed by atoms with E-state index in [1.807, 2.05) is 34.5 Å². The van der Waals surface area contributed by atoms with E-state index in [1.54, 1.807) is 12.1 Å². The van der Waals surface area contributed by atoms with Crippen molar-refractivity contribution in [2.24, 2.45) is 5.92 Å². The number of amides is 1. The second-order valence-corrected chi connectivity index (χ2v) is 8.44. The summed E-state index contributed by atoms with van der Waals surface area (Å²) >= 11 is 1.51. The first-order valence-electron chi connectivity index (χ1n) is 9.35. The average molecular weight is 373 g/mol. The highest BCUT2D eigenvalue weighted by molar-refractivity contribution is 7.12. The van der Waals surface area contributed by atoms with E-state index in [2.05, 4.69) is 0 Å². The molecule has 1 atom stereocenters. The van der Waals surface area contributed by atoms with Crippen LogP contribution in [0.3, 0.4) is 0 Å². The van der Waals surface area contributed by atoms with Crippen molar-refractivity contribution < 1.29 is 13.9 Å². The van der Waals surface area contributed by atoms with Gasteiger partial charge in [-0.05, 0) is 67.2 Å². The molecule has 1 spiro atoms. The monoisotopic (exact) mass is 373 g/mol. The van der Waals surface area contributed by atoms with E-state index in [0.717, 1.165) is 56.7 Å². The lowest BCUT2D eigenvalue weighted by atomic mass is 9.77. The Balaban J connectivity index is 1.35. The van der Waals surface area contributed by atoms with Gasteiger partial charge in [-0.1, -0.05) is 18.2 Å². The molecule has 0 radical (unpaired) electrons. The largest absolute Gasteiger partial charge is 0.375 e. The van der Waals surface area contributed by atoms with Crippen molar-refractivity contribution in [2.45, 2.75) is 37.7 Å². The van der Waals surface area contributed by atoms with Gasteiger partial charge in [0.1, 0.15) is 5.82 Å². The Morgan fingerprint density at radius 2 is 2.00 bits per heavy atom. The van der Waals surface area contributed by atoms with Gasteiger partial charge in [-0.25, -0.2) is 4.39 Å². The van der Waals surface area contributed by atoms with E-state index in [4.69, 9.17) is 4.74 Å². The van der Waals surface area contributed by atoms with Gasteiger partial charge in [0.05, 0.1) is 10.5 Å². The molecule has 0 aliphatic carbocycles. The fraction of sp³-hybridized carbons (Fsp3) is 0.476. The Morgan fingerprint density at radius 1 is 1.23 bits per heavy atom. The van der Waals surface area contributed by atoms with Crippen LogP contribution in [0.2, 0.25) is 0 Å². The number of likely N-dealkylation sites (tertiary alicyclic amines) is 1. The molecule has 3 nitrogen and oxygen atoms in total. The molecule has 2 fully saturated rings. The Kier molecular flexibility index (Phi) is 5.09. The third-order valence-electron chi connectivity index (χ3n) is 5.73. The van der Waals surface area contributed by atoms with Crippen molar-refractivity contribution in [2.75, 3.05) is 19.7 Å². The van der Waals surface area contributed by atoms with Crippen molar-refractivity contribution in [3.05, 3.63) is 58.0 Å². The van der Waals surface area contributed by atoms with Gasteiger partial charge in [-0.15, -0.1) is 11.3 Å². The Labute approximate surface area is 157 Å². The van der Waals surface area contributed by atoms with Gasteiger partial charge < -0.3 is 9.64 Å². The number of hydrogen-bond donors (Lipinski definition) is 0. The molecule has 1 amide bonds. The first-order valence-corrected chi connectivity index (χ1v) is 10.2. The lowest BCUT2D eigenvalue weighted by Gasteiger charge is -2.46. The molecule has 1 unspecified atom stereocenters. The van der Waals surface area contributed by atoms with Crippen LogP contribution in [0.1, 0.15) is 40.9 Å². The van der Waals surface area contributed by atoms with Crippen LogP contribution in [-0.4, -0.2) is 36.1 Å². The first kappa shape index (κ1) is 17.7. The van der Waals surface area contributed by atoms with Gasteiger partial charge in [-0.3, -0.25) is 4.79 Å². The molecule has 5 heteroatoms. The highest BCUT2D eigenvalue weighted by atomic mass is 32.1. The molecule has 3 heterocycles. The van der Waals surface area contributed by atoms with E-state index in [9.17, 15) is 9.18 Å². The van der Waals surface area contributed by atoms with E-state index < -0.39 is 0 Å². The molecule has 26 heavy (non-hydrogen) atoms. The molecule has 4 rings (SSSR count). The minimum atomic E-state index is -0.181. The molecule has 2 saturated heterocycles. The molecule has 1 aromatic carbocycles. The summed E-state index contributed by atoms with van der Waals surface area (Å²) in [6.07, 6.45) is 4.87. The van der Waals surface area contributed by atoms with Crippen LogP contribution in [0.5, 0.6) is 0 Å². The zero-order valence-corrected chi connectivity index (χ0v) is 15.6. The highest BCUT2D eigenvalue weighted by Gasteiger charge is 2.41. The number of hydrogen-bond acceptors (Lipinski definition) is 3. The normalized spacial score (nSPS) is 22.5. The van der Waals surface area contributed by atoms with Crippen LogP contribution in [0.25, 0.3) is 0 Å². The van der Waals surface area contributed by atoms with Crippen LogP contribution >= 0.6 is 11.3 Å². The summed E-state index contributed by atoms with van der Waals surface area (Å²) in [7, 11) is 0. The van der Waals surface area contributed by atoms with E-state index in [1.165, 1.54) is 16.9 Å². The Hall–Kier alpha value is -1.72. The third kappa shape index (κ3) is 3.84. The Bertz CT molecular complexity index is 736. The second-order valence-electron chi connectivity index (χ2n) is 7.49. The van der Waals surface area contributed by atoms with Gasteiger partial charge >= 0.3 is 0 Å². The van der Waals surface area contributed by atoms with Crippen LogP contribution in [0, 0.1) is 11.7 Å². The standard InChI is InChI=1S/C21H24FNO2S/c22-18-5-3-16(4-6-18)14-17-7-12-25-21(15-17)8-10-23(11-9-21)20(24)19-2-1-13-26-19/h1-6,13,17H,7-12,14-15H2. The smallest absolute Gasteiger partial charge is 0.263 e. The number of carbonyl (C=O) groups is 1. The molecule has 2 aromatic rings. The molecule has 138 valence electrons. The zero-order chi connectivity index (χ0) is 18.0. The molecular weight excluding hydrogens is 349 g/mol. The minimum absolute atomic E-state index is 0.0881. The third-order valence-corrected chi connectivity index (χ3v) is 6.58. The number of ether oxygens (including phenoxy) is 1. The predicted molar refractivity (Wildman–Crippen MR) is 101 cm³/mol. The number of nitrogens with zero attached hydrogens (tertiary/aromatic N) is 1. The summed E-state index contributed by atoms with van der Waals surface area (Å²) in [6, 6.07) is 10.7. The number of rotatable bonds is 3. The summed E-state index contributed by atoms with van der Waals surface area (Å²) in [6.45, 7) is 2.31. The molecule has 2 aliphatic rings. The molecule has 0 bridgehead atoms. The fourth-order valence-corrected chi connectivity index (χ4v) is 4.97. The highest BCUT2D eigenvalue weighted by Crippen LogP contribution is 2.39. The van der Waals surface area contributed by atoms with Crippen LogP contribution in [-0.2, 0) is 11.2 Å². The van der Waals surface area contributed by atoms with Crippen LogP contribution in [0.15, 0.2) is 41.8 Å². The van der Waals surface area contributed by atoms with Gasteiger partial charge in [-0.2, -0.15) is 0 Å². The van der Waals surface area contributed by atoms with Crippen molar-refractivity contribution in [3.63, 3.8) is 0 Å². The first-order chi connectivity index (χ1) is 12.6. The second kappa shape index (κ2) is 7.49. The SMILES string of the molecule is O=C(c1cccs1)N1CCC2(CC1)CC(Cc1ccc(F)cc1)CCO2. The summed E-state index contributed by atoms with van der Waals surface area (Å²) < 4.78 is 19.3. The predicted octanol–water partition coefficient (Wildman–Crippen LogP) is 4.53. The zero-order valence-electron chi connectivity index (χ0n) is 14.8. The van der Waals surface area contributed by atoms with Crippen LogP contribution < -0.4 is 0 Å². The van der Waals surface area contributed by atoms with Crippen molar-refractivity contribution in [1.29, 1.82) is 0 Å². The van der Waals surface area contributed by atoms with Crippen LogP contribution in [0.4, 0.5) is 4.39 Å². The molecule has 0 N–H and O–H groups in total. The number of carbonyl (C=O) groups excluding carboxylic acids is 1. The van der Waals surface area contributed by atoms with Gasteiger partial charge in [0, 0.05) is 19.7 Å². The van der Waals surface area contributed by atoms with Crippen molar-refractivity contribution in [1.82, 2.24) is 4.90 Å². The summed E-state index contributed by atoms with van der Waals surface area (Å²) in [4.78, 5) is 15.3. The number of piperidine rings is 1. The topological polar surface area (TPSA) is 29.5 Å². The fourth-order valence-electron chi connectivity index (χ4n) is 4.28. The quantitative estimate of drug-likeness (QED) is 0.791. The molecule has 2 aliphatic heterocycles. The lowest BCUT2D eigenvalue weighted by Crippen LogP contribution is -2.50. The summed E-state index contributed by atoms with van der Waals surface area (Å²) in [5.41, 5.74) is 1.11. The number of halogens is 1. The minimum Gasteiger partial charge on any atom is -0.375 e. The maximum atomic E-state index is 13.1. The maximum absolute atomic E-state index is 13.1. The van der Waals surface area contributed by atoms with Gasteiger partial charge in [0.15, 0.2) is 0 Å². The Morgan fingerprint density at radius 3 is 2.69 bits per heavy atom. The lowest BCUT2D eigenvalue weighted by molar-refractivity contribution is -0.123.